The van der Waals surface area contributed by atoms with Crippen LogP contribution in [-0.4, -0.2) is 61.4 Å². The lowest BCUT2D eigenvalue weighted by Gasteiger charge is -2.25. The molecule has 0 saturated heterocycles. The Labute approximate surface area is 225 Å². The summed E-state index contributed by atoms with van der Waals surface area (Å²) in [4.78, 5) is 50.5. The first-order valence-electron chi connectivity index (χ1n) is 13.2. The number of hydrogen-bond acceptors (Lipinski definition) is 5. The van der Waals surface area contributed by atoms with Crippen molar-refractivity contribution in [3.8, 4) is 0 Å². The molecule has 0 aliphatic heterocycles. The van der Waals surface area contributed by atoms with Crippen LogP contribution in [0.15, 0.2) is 54.6 Å². The third-order valence-corrected chi connectivity index (χ3v) is 6.05. The minimum absolute atomic E-state index is 0.0713. The van der Waals surface area contributed by atoms with E-state index in [2.05, 4.69) is 26.6 Å². The topological polar surface area (TPSA) is 128 Å². The SMILES string of the molecule is CCNC(=O)c1cccc(C(=O)N[C@H](CN[C@@H](C)C(=O)N[C@H](C(=O)NCC)C(C)C)Cc2ccccc2)c1. The molecule has 0 unspecified atom stereocenters. The van der Waals surface area contributed by atoms with Crippen LogP contribution in [0.3, 0.4) is 0 Å². The molecule has 0 bridgehead atoms. The van der Waals surface area contributed by atoms with Gasteiger partial charge in [-0.05, 0) is 56.9 Å². The normalized spacial score (nSPS) is 13.2. The van der Waals surface area contributed by atoms with Gasteiger partial charge in [-0.25, -0.2) is 0 Å². The molecule has 9 nitrogen and oxygen atoms in total. The predicted octanol–water partition coefficient (Wildman–Crippen LogP) is 2.03. The van der Waals surface area contributed by atoms with Gasteiger partial charge >= 0.3 is 0 Å². The average Bonchev–Trinajstić information content (AvgIpc) is 2.90. The van der Waals surface area contributed by atoms with Gasteiger partial charge in [0.05, 0.1) is 6.04 Å². The lowest BCUT2D eigenvalue weighted by Crippen LogP contribution is -2.55. The van der Waals surface area contributed by atoms with Crippen LogP contribution < -0.4 is 26.6 Å². The maximum Gasteiger partial charge on any atom is 0.251 e. The smallest absolute Gasteiger partial charge is 0.251 e. The Balaban J connectivity index is 2.10. The van der Waals surface area contributed by atoms with Crippen molar-refractivity contribution in [3.63, 3.8) is 0 Å². The molecule has 0 saturated carbocycles. The highest BCUT2D eigenvalue weighted by atomic mass is 16.2. The van der Waals surface area contributed by atoms with Crippen molar-refractivity contribution >= 4 is 23.6 Å². The van der Waals surface area contributed by atoms with Crippen molar-refractivity contribution in [2.75, 3.05) is 19.6 Å². The molecule has 0 heterocycles. The van der Waals surface area contributed by atoms with Crippen LogP contribution in [0.25, 0.3) is 0 Å². The van der Waals surface area contributed by atoms with Gasteiger partial charge in [-0.2, -0.15) is 0 Å². The van der Waals surface area contributed by atoms with E-state index in [4.69, 9.17) is 0 Å². The fraction of sp³-hybridized carbons (Fsp3) is 0.448. The molecule has 2 aromatic carbocycles. The molecule has 206 valence electrons. The van der Waals surface area contributed by atoms with Crippen molar-refractivity contribution in [3.05, 3.63) is 71.3 Å². The highest BCUT2D eigenvalue weighted by Crippen LogP contribution is 2.09. The highest BCUT2D eigenvalue weighted by molar-refractivity contribution is 5.99. The molecule has 0 spiro atoms. The Morgan fingerprint density at radius 3 is 1.97 bits per heavy atom. The fourth-order valence-corrected chi connectivity index (χ4v) is 3.92. The lowest BCUT2D eigenvalue weighted by molar-refractivity contribution is -0.130. The molecule has 5 N–H and O–H groups in total. The molecule has 0 aliphatic rings. The van der Waals surface area contributed by atoms with E-state index in [0.717, 1.165) is 5.56 Å². The maximum atomic E-state index is 13.1. The average molecular weight is 524 g/mol. The summed E-state index contributed by atoms with van der Waals surface area (Å²) in [7, 11) is 0. The second kappa shape index (κ2) is 15.5. The van der Waals surface area contributed by atoms with Crippen LogP contribution in [0.1, 0.15) is 60.9 Å². The van der Waals surface area contributed by atoms with Gasteiger partial charge in [0.25, 0.3) is 11.8 Å². The molecular formula is C29H41N5O4. The van der Waals surface area contributed by atoms with Crippen molar-refractivity contribution < 1.29 is 19.2 Å². The van der Waals surface area contributed by atoms with Gasteiger partial charge in [-0.3, -0.25) is 19.2 Å². The zero-order valence-electron chi connectivity index (χ0n) is 23.0. The Hall–Kier alpha value is -3.72. The minimum Gasteiger partial charge on any atom is -0.355 e. The molecule has 2 aromatic rings. The summed E-state index contributed by atoms with van der Waals surface area (Å²) >= 11 is 0. The standard InChI is InChI=1S/C29H41N5O4/c1-6-30-27(36)22-14-11-15-23(17-22)28(37)33-24(16-21-12-9-8-10-13-21)18-32-20(5)26(35)34-25(19(3)4)29(38)31-7-2/h8-15,17,19-20,24-25,32H,6-7,16,18H2,1-5H3,(H,30,36)(H,31,38)(H,33,37)(H,34,35)/t20-,24-,25-/m0/s1. The number of carbonyl (C=O) groups excluding carboxylic acids is 4. The molecule has 2 rings (SSSR count). The third-order valence-electron chi connectivity index (χ3n) is 6.05. The van der Waals surface area contributed by atoms with E-state index < -0.39 is 12.1 Å². The third kappa shape index (κ3) is 9.63. The van der Waals surface area contributed by atoms with E-state index in [1.165, 1.54) is 0 Å². The Kier molecular flexibility index (Phi) is 12.5. The van der Waals surface area contributed by atoms with Gasteiger partial charge in [-0.15, -0.1) is 0 Å². The summed E-state index contributed by atoms with van der Waals surface area (Å²) < 4.78 is 0. The van der Waals surface area contributed by atoms with Crippen LogP contribution >= 0.6 is 0 Å². The van der Waals surface area contributed by atoms with Gasteiger partial charge in [0.15, 0.2) is 0 Å². The van der Waals surface area contributed by atoms with E-state index in [0.29, 0.717) is 37.2 Å². The van der Waals surface area contributed by atoms with E-state index in [-0.39, 0.29) is 35.6 Å². The number of carbonyl (C=O) groups is 4. The molecule has 0 fully saturated rings. The van der Waals surface area contributed by atoms with E-state index in [9.17, 15) is 19.2 Å². The highest BCUT2D eigenvalue weighted by Gasteiger charge is 2.26. The first-order valence-corrected chi connectivity index (χ1v) is 13.2. The number of likely N-dealkylation sites (N-methyl/N-ethyl adjacent to an activating group) is 1. The fourth-order valence-electron chi connectivity index (χ4n) is 3.92. The molecule has 0 aliphatic carbocycles. The van der Waals surface area contributed by atoms with Crippen LogP contribution in [0, 0.1) is 5.92 Å². The summed E-state index contributed by atoms with van der Waals surface area (Å²) in [5.74, 6) is -1.14. The van der Waals surface area contributed by atoms with Crippen molar-refractivity contribution in [2.24, 2.45) is 5.92 Å². The summed E-state index contributed by atoms with van der Waals surface area (Å²) in [6.07, 6.45) is 0.539. The Bertz CT molecular complexity index is 1070. The van der Waals surface area contributed by atoms with Gasteiger partial charge in [-0.1, -0.05) is 50.2 Å². The number of nitrogens with one attached hydrogen (secondary N) is 5. The quantitative estimate of drug-likeness (QED) is 0.259. The molecule has 38 heavy (non-hydrogen) atoms. The second-order valence-corrected chi connectivity index (χ2v) is 9.56. The summed E-state index contributed by atoms with van der Waals surface area (Å²) in [5.41, 5.74) is 1.82. The monoisotopic (exact) mass is 523 g/mol. The lowest BCUT2D eigenvalue weighted by atomic mass is 10.0. The predicted molar refractivity (Wildman–Crippen MR) is 149 cm³/mol. The number of amides is 4. The number of rotatable bonds is 14. The van der Waals surface area contributed by atoms with Crippen molar-refractivity contribution in [1.82, 2.24) is 26.6 Å². The Morgan fingerprint density at radius 2 is 1.37 bits per heavy atom. The zero-order chi connectivity index (χ0) is 28.1. The van der Waals surface area contributed by atoms with Gasteiger partial charge in [0, 0.05) is 36.8 Å². The largest absolute Gasteiger partial charge is 0.355 e. The number of hydrogen-bond donors (Lipinski definition) is 5. The van der Waals surface area contributed by atoms with Crippen molar-refractivity contribution in [2.45, 2.75) is 59.2 Å². The van der Waals surface area contributed by atoms with Gasteiger partial charge < -0.3 is 26.6 Å². The van der Waals surface area contributed by atoms with Crippen LogP contribution in [0.5, 0.6) is 0 Å². The first kappa shape index (κ1) is 30.5. The molecule has 4 amide bonds. The minimum atomic E-state index is -0.635. The summed E-state index contributed by atoms with van der Waals surface area (Å²) in [5, 5.41) is 14.6. The van der Waals surface area contributed by atoms with Crippen LogP contribution in [-0.2, 0) is 16.0 Å². The molecule has 3 atom stereocenters. The molecule has 0 radical (unpaired) electrons. The van der Waals surface area contributed by atoms with Crippen LogP contribution in [0.4, 0.5) is 0 Å². The van der Waals surface area contributed by atoms with Crippen molar-refractivity contribution in [1.29, 1.82) is 0 Å². The molecular weight excluding hydrogens is 482 g/mol. The van der Waals surface area contributed by atoms with Gasteiger partial charge in [0.1, 0.15) is 6.04 Å². The second-order valence-electron chi connectivity index (χ2n) is 9.56. The maximum absolute atomic E-state index is 13.1. The van der Waals surface area contributed by atoms with E-state index >= 15 is 0 Å². The molecule has 0 aromatic heterocycles. The van der Waals surface area contributed by atoms with Crippen LogP contribution in [0.2, 0.25) is 0 Å². The zero-order valence-corrected chi connectivity index (χ0v) is 23.0. The summed E-state index contributed by atoms with van der Waals surface area (Å²) in [6, 6.07) is 14.7. The van der Waals surface area contributed by atoms with Gasteiger partial charge in [0.2, 0.25) is 11.8 Å². The van der Waals surface area contributed by atoms with E-state index in [1.807, 2.05) is 58.0 Å². The number of benzene rings is 2. The summed E-state index contributed by atoms with van der Waals surface area (Å²) in [6.45, 7) is 10.4. The van der Waals surface area contributed by atoms with E-state index in [1.54, 1.807) is 31.2 Å². The molecule has 9 heteroatoms. The Morgan fingerprint density at radius 1 is 0.737 bits per heavy atom. The first-order chi connectivity index (χ1) is 18.2.